The second-order valence-electron chi connectivity index (χ2n) is 4.14. The molecular formula is C14H11ClF3N. The van der Waals surface area contributed by atoms with Gasteiger partial charge in [0.2, 0.25) is 0 Å². The summed E-state index contributed by atoms with van der Waals surface area (Å²) in [7, 11) is 0. The standard InChI is InChI=1S/C14H11ClF3N/c1-8(9-5-6-10(15)12(17)7-9)19-13-4-2-3-11(16)14(13)18/h2-8,19H,1H3. The van der Waals surface area contributed by atoms with Crippen LogP contribution in [0.2, 0.25) is 5.02 Å². The molecule has 0 aliphatic rings. The summed E-state index contributed by atoms with van der Waals surface area (Å²) in [5, 5.41) is 2.81. The van der Waals surface area contributed by atoms with Crippen LogP contribution in [-0.4, -0.2) is 0 Å². The van der Waals surface area contributed by atoms with Crippen LogP contribution in [0.4, 0.5) is 18.9 Å². The molecule has 19 heavy (non-hydrogen) atoms. The van der Waals surface area contributed by atoms with Gasteiger partial charge < -0.3 is 5.32 Å². The molecule has 0 aromatic heterocycles. The van der Waals surface area contributed by atoms with Crippen LogP contribution in [0.5, 0.6) is 0 Å². The molecule has 0 spiro atoms. The van der Waals surface area contributed by atoms with Crippen molar-refractivity contribution >= 4 is 17.3 Å². The number of nitrogens with one attached hydrogen (secondary N) is 1. The largest absolute Gasteiger partial charge is 0.376 e. The summed E-state index contributed by atoms with van der Waals surface area (Å²) in [5.41, 5.74) is 0.619. The Morgan fingerprint density at radius 1 is 1.05 bits per heavy atom. The molecule has 1 atom stereocenters. The van der Waals surface area contributed by atoms with Gasteiger partial charge in [-0.05, 0) is 36.8 Å². The molecule has 100 valence electrons. The zero-order chi connectivity index (χ0) is 14.0. The van der Waals surface area contributed by atoms with Crippen LogP contribution in [0.1, 0.15) is 18.5 Å². The second kappa shape index (κ2) is 5.53. The molecule has 1 nitrogen and oxygen atoms in total. The third-order valence-electron chi connectivity index (χ3n) is 2.77. The Kier molecular flexibility index (Phi) is 4.00. The van der Waals surface area contributed by atoms with Crippen LogP contribution in [0.25, 0.3) is 0 Å². The maximum atomic E-state index is 13.5. The quantitative estimate of drug-likeness (QED) is 0.843. The van der Waals surface area contributed by atoms with E-state index in [2.05, 4.69) is 5.32 Å². The number of hydrogen-bond acceptors (Lipinski definition) is 1. The lowest BCUT2D eigenvalue weighted by atomic mass is 10.1. The number of halogens is 4. The minimum Gasteiger partial charge on any atom is -0.376 e. The summed E-state index contributed by atoms with van der Waals surface area (Å²) < 4.78 is 39.9. The molecule has 0 saturated carbocycles. The number of benzene rings is 2. The van der Waals surface area contributed by atoms with Crippen LogP contribution in [0, 0.1) is 17.5 Å². The molecule has 0 bridgehead atoms. The highest BCUT2D eigenvalue weighted by atomic mass is 35.5. The van der Waals surface area contributed by atoms with Crippen molar-refractivity contribution in [1.29, 1.82) is 0 Å². The Hall–Kier alpha value is -1.68. The summed E-state index contributed by atoms with van der Waals surface area (Å²) in [6.45, 7) is 1.72. The molecule has 2 aromatic carbocycles. The molecule has 1 unspecified atom stereocenters. The molecule has 2 rings (SSSR count). The predicted octanol–water partition coefficient (Wildman–Crippen LogP) is 4.93. The Morgan fingerprint density at radius 2 is 1.79 bits per heavy atom. The van der Waals surface area contributed by atoms with Crippen molar-refractivity contribution in [3.8, 4) is 0 Å². The summed E-state index contributed by atoms with van der Waals surface area (Å²) >= 11 is 5.59. The first-order valence-corrected chi connectivity index (χ1v) is 6.02. The van der Waals surface area contributed by atoms with E-state index >= 15 is 0 Å². The van der Waals surface area contributed by atoms with Crippen LogP contribution in [0.15, 0.2) is 36.4 Å². The van der Waals surface area contributed by atoms with Crippen LogP contribution >= 0.6 is 11.6 Å². The van der Waals surface area contributed by atoms with Gasteiger partial charge in [0.15, 0.2) is 11.6 Å². The lowest BCUT2D eigenvalue weighted by molar-refractivity contribution is 0.510. The maximum absolute atomic E-state index is 13.5. The molecule has 0 saturated heterocycles. The maximum Gasteiger partial charge on any atom is 0.181 e. The van der Waals surface area contributed by atoms with Crippen molar-refractivity contribution in [1.82, 2.24) is 0 Å². The van der Waals surface area contributed by atoms with Gasteiger partial charge >= 0.3 is 0 Å². The molecule has 2 aromatic rings. The van der Waals surface area contributed by atoms with Gasteiger partial charge in [0, 0.05) is 6.04 Å². The Bertz CT molecular complexity index is 601. The van der Waals surface area contributed by atoms with Crippen LogP contribution in [-0.2, 0) is 0 Å². The molecule has 0 heterocycles. The van der Waals surface area contributed by atoms with Gasteiger partial charge in [-0.25, -0.2) is 13.2 Å². The average Bonchev–Trinajstić information content (AvgIpc) is 2.38. The summed E-state index contributed by atoms with van der Waals surface area (Å²) in [4.78, 5) is 0. The fourth-order valence-electron chi connectivity index (χ4n) is 1.71. The van der Waals surface area contributed by atoms with Gasteiger partial charge in [0.1, 0.15) is 5.82 Å². The topological polar surface area (TPSA) is 12.0 Å². The fraction of sp³-hybridized carbons (Fsp3) is 0.143. The SMILES string of the molecule is CC(Nc1cccc(F)c1F)c1ccc(Cl)c(F)c1. The van der Waals surface area contributed by atoms with E-state index in [0.29, 0.717) is 5.56 Å². The van der Waals surface area contributed by atoms with Crippen molar-refractivity contribution in [2.45, 2.75) is 13.0 Å². The van der Waals surface area contributed by atoms with Gasteiger partial charge in [0.05, 0.1) is 10.7 Å². The molecular weight excluding hydrogens is 275 g/mol. The van der Waals surface area contributed by atoms with E-state index in [1.54, 1.807) is 13.0 Å². The lowest BCUT2D eigenvalue weighted by Gasteiger charge is -2.16. The minimum atomic E-state index is -0.955. The predicted molar refractivity (Wildman–Crippen MR) is 69.8 cm³/mol. The molecule has 0 aliphatic heterocycles. The Balaban J connectivity index is 2.23. The van der Waals surface area contributed by atoms with E-state index in [1.807, 2.05) is 0 Å². The zero-order valence-electron chi connectivity index (χ0n) is 10.1. The van der Waals surface area contributed by atoms with Crippen LogP contribution in [0.3, 0.4) is 0 Å². The van der Waals surface area contributed by atoms with Gasteiger partial charge in [-0.1, -0.05) is 23.7 Å². The minimum absolute atomic E-state index is 0.0212. The van der Waals surface area contributed by atoms with E-state index in [4.69, 9.17) is 11.6 Å². The summed E-state index contributed by atoms with van der Waals surface area (Å²) in [6.07, 6.45) is 0. The molecule has 5 heteroatoms. The highest BCUT2D eigenvalue weighted by Crippen LogP contribution is 2.25. The highest BCUT2D eigenvalue weighted by Gasteiger charge is 2.12. The van der Waals surface area contributed by atoms with Gasteiger partial charge in [-0.3, -0.25) is 0 Å². The van der Waals surface area contributed by atoms with Crippen molar-refractivity contribution in [2.24, 2.45) is 0 Å². The third kappa shape index (κ3) is 3.01. The average molecular weight is 286 g/mol. The molecule has 0 radical (unpaired) electrons. The smallest absolute Gasteiger partial charge is 0.181 e. The van der Waals surface area contributed by atoms with Crippen molar-refractivity contribution in [3.05, 3.63) is 64.4 Å². The molecule has 0 fully saturated rings. The molecule has 0 amide bonds. The second-order valence-corrected chi connectivity index (χ2v) is 4.55. The van der Waals surface area contributed by atoms with E-state index in [9.17, 15) is 13.2 Å². The van der Waals surface area contributed by atoms with Crippen LogP contribution < -0.4 is 5.32 Å². The third-order valence-corrected chi connectivity index (χ3v) is 3.07. The fourth-order valence-corrected chi connectivity index (χ4v) is 1.83. The van der Waals surface area contributed by atoms with Gasteiger partial charge in [-0.15, -0.1) is 0 Å². The Labute approximate surface area is 114 Å². The Morgan fingerprint density at radius 3 is 2.47 bits per heavy atom. The normalized spacial score (nSPS) is 12.3. The summed E-state index contributed by atoms with van der Waals surface area (Å²) in [5.74, 6) is -2.43. The zero-order valence-corrected chi connectivity index (χ0v) is 10.8. The molecule has 0 aliphatic carbocycles. The number of anilines is 1. The summed E-state index contributed by atoms with van der Waals surface area (Å²) in [6, 6.07) is 7.77. The van der Waals surface area contributed by atoms with Crippen molar-refractivity contribution in [2.75, 3.05) is 5.32 Å². The van der Waals surface area contributed by atoms with Gasteiger partial charge in [0.25, 0.3) is 0 Å². The first-order valence-electron chi connectivity index (χ1n) is 5.64. The number of hydrogen-bond donors (Lipinski definition) is 1. The van der Waals surface area contributed by atoms with E-state index in [1.165, 1.54) is 24.3 Å². The molecule has 1 N–H and O–H groups in total. The highest BCUT2D eigenvalue weighted by molar-refractivity contribution is 6.30. The monoisotopic (exact) mass is 285 g/mol. The van der Waals surface area contributed by atoms with Crippen molar-refractivity contribution in [3.63, 3.8) is 0 Å². The van der Waals surface area contributed by atoms with Gasteiger partial charge in [-0.2, -0.15) is 0 Å². The van der Waals surface area contributed by atoms with E-state index in [-0.39, 0.29) is 16.8 Å². The van der Waals surface area contributed by atoms with E-state index < -0.39 is 17.5 Å². The van der Waals surface area contributed by atoms with E-state index in [0.717, 1.165) is 6.07 Å². The van der Waals surface area contributed by atoms with Crippen molar-refractivity contribution < 1.29 is 13.2 Å². The number of rotatable bonds is 3. The lowest BCUT2D eigenvalue weighted by Crippen LogP contribution is -2.09. The first-order chi connectivity index (χ1) is 8.99. The first kappa shape index (κ1) is 13.7.